The molecule has 0 aliphatic carbocycles. The third-order valence-electron chi connectivity index (χ3n) is 19.7. The molecule has 0 aliphatic rings. The van der Waals surface area contributed by atoms with Gasteiger partial charge < -0.3 is 52.9 Å². The van der Waals surface area contributed by atoms with Crippen LogP contribution in [0.15, 0.2) is 0 Å². The van der Waals surface area contributed by atoms with Crippen molar-refractivity contribution in [3.63, 3.8) is 0 Å². The van der Waals surface area contributed by atoms with E-state index in [-0.39, 0.29) is 139 Å². The molecule has 0 fully saturated rings. The molecule has 0 aromatic rings. The summed E-state index contributed by atoms with van der Waals surface area (Å²) in [6.07, 6.45) is 65.4. The fraction of sp³-hybridized carbons (Fsp3) is 0.964. The van der Waals surface area contributed by atoms with Crippen molar-refractivity contribution in [2.75, 3.05) is 79.0 Å². The number of hydrogen-bond donors (Lipinski definition) is 6. The van der Waals surface area contributed by atoms with Crippen LogP contribution in [0.5, 0.6) is 0 Å². The number of nitrogens with one attached hydrogen (secondary N) is 4. The Morgan fingerprint density at radius 3 is 0.821 bits per heavy atom. The van der Waals surface area contributed by atoms with Crippen LogP contribution in [0.4, 0.5) is 4.79 Å². The number of carbonyl (C=O) groups is 3. The first-order chi connectivity index (χ1) is 50.7. The number of unbranched alkanes of at least 4 members (excludes halogenated alkanes) is 46. The van der Waals surface area contributed by atoms with Gasteiger partial charge in [0.05, 0.1) is 64.9 Å². The summed E-state index contributed by atoms with van der Waals surface area (Å²) in [5, 5.41) is 12.1. The molecule has 23 heteroatoms. The summed E-state index contributed by atoms with van der Waals surface area (Å²) in [7, 11) is -9.10. The largest absolute Gasteiger partial charge is 1.00 e. The van der Waals surface area contributed by atoms with Crippen LogP contribution in [0.1, 0.15) is 417 Å². The average Bonchev–Trinajstić information content (AvgIpc) is 0.914. The maximum absolute atomic E-state index is 13.2. The topological polar surface area (TPSA) is 248 Å². The molecular formula is C83H170N4Na2O15P2. The van der Waals surface area contributed by atoms with Crippen molar-refractivity contribution < 1.29 is 132 Å². The van der Waals surface area contributed by atoms with Gasteiger partial charge in [-0.25, -0.2) is 13.9 Å². The molecule has 2 unspecified atom stereocenters. The van der Waals surface area contributed by atoms with Crippen LogP contribution in [0, 0.1) is 0 Å². The van der Waals surface area contributed by atoms with Crippen molar-refractivity contribution in [3.05, 3.63) is 0 Å². The fourth-order valence-corrected chi connectivity index (χ4v) is 14.6. The summed E-state index contributed by atoms with van der Waals surface area (Å²) in [6, 6.07) is -1.47. The van der Waals surface area contributed by atoms with Gasteiger partial charge in [0.25, 0.3) is 0 Å². The zero-order chi connectivity index (χ0) is 76.0. The fourth-order valence-electron chi connectivity index (χ4n) is 13.0. The van der Waals surface area contributed by atoms with E-state index in [0.717, 1.165) is 141 Å². The number of amides is 2. The molecule has 624 valence electrons. The summed E-state index contributed by atoms with van der Waals surface area (Å²) in [4.78, 5) is 60.3. The molecule has 0 aliphatic heterocycles. The first-order valence-electron chi connectivity index (χ1n) is 44.0. The Morgan fingerprint density at radius 2 is 0.547 bits per heavy atom. The molecule has 0 spiro atoms. The van der Waals surface area contributed by atoms with Gasteiger partial charge in [-0.15, -0.1) is 0 Å². The van der Waals surface area contributed by atoms with E-state index in [1.807, 2.05) is 0 Å². The predicted octanol–water partition coefficient (Wildman–Crippen LogP) is 17.3. The van der Waals surface area contributed by atoms with Gasteiger partial charge in [-0.05, 0) is 64.5 Å². The molecule has 6 atom stereocenters. The van der Waals surface area contributed by atoms with E-state index in [1.54, 1.807) is 0 Å². The number of ether oxygens (including phenoxy) is 4. The van der Waals surface area contributed by atoms with Gasteiger partial charge in [0, 0.05) is 38.8 Å². The number of rotatable bonds is 86. The van der Waals surface area contributed by atoms with Crippen LogP contribution in [-0.4, -0.2) is 131 Å². The normalized spacial score (nSPS) is 13.8. The summed E-state index contributed by atoms with van der Waals surface area (Å²) in [5.41, 5.74) is 0. The van der Waals surface area contributed by atoms with Crippen LogP contribution in [-0.2, 0) is 55.8 Å². The number of esters is 2. The Bertz CT molecular complexity index is 1830. The second-order valence-corrected chi connectivity index (χ2v) is 32.9. The second-order valence-electron chi connectivity index (χ2n) is 30.0. The van der Waals surface area contributed by atoms with Crippen LogP contribution >= 0.6 is 15.6 Å². The Hall–Kier alpha value is 0.270. The van der Waals surface area contributed by atoms with Crippen LogP contribution < -0.4 is 80.4 Å². The zero-order valence-electron chi connectivity index (χ0n) is 72.4. The zero-order valence-corrected chi connectivity index (χ0v) is 76.2. The second kappa shape index (κ2) is 86.1. The monoisotopic (exact) mass is 1570 g/mol. The van der Waals surface area contributed by atoms with Gasteiger partial charge in [-0.3, -0.25) is 27.7 Å². The Kier molecular flexibility index (Phi) is 89.7. The predicted molar refractivity (Wildman–Crippen MR) is 434 cm³/mol. The number of hydrogen-bond acceptors (Lipinski definition) is 15. The molecule has 0 bridgehead atoms. The van der Waals surface area contributed by atoms with Gasteiger partial charge >= 0.3 is 92.7 Å². The smallest absolute Gasteiger partial charge is 1.00 e. The van der Waals surface area contributed by atoms with Gasteiger partial charge in [0.1, 0.15) is 12.2 Å². The van der Waals surface area contributed by atoms with E-state index in [0.29, 0.717) is 52.0 Å². The number of carbonyl (C=O) groups excluding carboxylic acids is 3. The maximum atomic E-state index is 13.2. The van der Waals surface area contributed by atoms with Gasteiger partial charge in [-0.1, -0.05) is 337 Å². The van der Waals surface area contributed by atoms with E-state index in [9.17, 15) is 33.3 Å². The maximum Gasteiger partial charge on any atom is 1.00 e. The molecule has 19 nitrogen and oxygen atoms in total. The molecular weight excluding hydrogens is 1400 g/mol. The van der Waals surface area contributed by atoms with Crippen molar-refractivity contribution in [2.24, 2.45) is 0 Å². The van der Waals surface area contributed by atoms with Crippen LogP contribution in [0.2, 0.25) is 0 Å². The van der Waals surface area contributed by atoms with Gasteiger partial charge in [-0.2, -0.15) is 0 Å². The molecule has 0 rings (SSSR count). The molecule has 0 radical (unpaired) electrons. The molecule has 0 aromatic carbocycles. The van der Waals surface area contributed by atoms with Crippen LogP contribution in [0.25, 0.3) is 0 Å². The van der Waals surface area contributed by atoms with E-state index in [1.165, 1.54) is 205 Å². The third-order valence-corrected chi connectivity index (χ3v) is 21.7. The Balaban J connectivity index is -0.00000884. The Morgan fingerprint density at radius 1 is 0.302 bits per heavy atom. The van der Waals surface area contributed by atoms with Crippen molar-refractivity contribution in [2.45, 2.75) is 438 Å². The van der Waals surface area contributed by atoms with E-state index < -0.39 is 33.8 Å². The van der Waals surface area contributed by atoms with Crippen LogP contribution in [0.3, 0.4) is 0 Å². The van der Waals surface area contributed by atoms with Crippen molar-refractivity contribution >= 4 is 33.6 Å². The Labute approximate surface area is 699 Å². The molecule has 0 aromatic heterocycles. The van der Waals surface area contributed by atoms with Crippen molar-refractivity contribution in [1.29, 1.82) is 0 Å². The standard InChI is InChI=1S/C83H168N4O15P2.2Na.2H/c1-7-13-19-25-29-33-35-37-41-45-51-57-65-84-77(73-95-69-63-79(59-53-47-23-17-11-5)101-81(88)61-55-49-43-39-31-27-21-15-9-3)75-99-103(91,92)97-71-67-86-83(90)87-68-72-98-104(93,94)100-76-78(85-66-58-52-46-42-38-36-34-30-26-20-14-8-2)74-96-70-64-80(60-54-48-24-18-12-6)102-82(89)62-56-50-44-40-32-28-22-16-10-4;;;;/h77-80,84-85H,7-76H2,1-6H3,(H,91,92)(H,93,94)(H2,86,87,90);;;;/q;2*+1;2*-1/t77-,78-,79-,80-;;;;/m1..../s1. The quantitative estimate of drug-likeness (QED) is 0.0143. The molecule has 6 N–H and O–H groups in total. The average molecular weight is 1570 g/mol. The summed E-state index contributed by atoms with van der Waals surface area (Å²) < 4.78 is 72.4. The molecule has 0 saturated carbocycles. The van der Waals surface area contributed by atoms with Crippen molar-refractivity contribution in [1.82, 2.24) is 21.3 Å². The molecule has 0 heterocycles. The first-order valence-corrected chi connectivity index (χ1v) is 47.0. The summed E-state index contributed by atoms with van der Waals surface area (Å²) >= 11 is 0. The number of urea groups is 1. The number of phosphoric acid groups is 2. The minimum absolute atomic E-state index is 0. The van der Waals surface area contributed by atoms with Gasteiger partial charge in [0.15, 0.2) is 0 Å². The van der Waals surface area contributed by atoms with E-state index >= 15 is 0 Å². The summed E-state index contributed by atoms with van der Waals surface area (Å²) in [6.45, 7) is 14.7. The number of phosphoric ester groups is 2. The third kappa shape index (κ3) is 82.3. The summed E-state index contributed by atoms with van der Waals surface area (Å²) in [5.74, 6) is -0.280. The van der Waals surface area contributed by atoms with E-state index in [4.69, 9.17) is 37.0 Å². The molecule has 2 amide bonds. The minimum atomic E-state index is -4.55. The minimum Gasteiger partial charge on any atom is -1.00 e. The van der Waals surface area contributed by atoms with E-state index in [2.05, 4.69) is 62.8 Å². The molecule has 106 heavy (non-hydrogen) atoms. The van der Waals surface area contributed by atoms with Gasteiger partial charge in [0.2, 0.25) is 0 Å². The van der Waals surface area contributed by atoms with Crippen molar-refractivity contribution in [3.8, 4) is 0 Å². The SMILES string of the molecule is CCCCCCCCCCCCCCN[C@H](COCC[C@@H](CCCCCCC)OC(=O)CCCCCCCCCCC)COP(=O)(O)OCCNC(=O)NCCOP(=O)(O)OC[C@@H](COCC[C@@H](CCCCCCC)OC(=O)CCCCCCCCCCC)NCCCCCCCCCCCCCC.[H-].[H-].[Na+].[Na+]. The molecule has 0 saturated heterocycles. The first kappa shape index (κ1) is 110.